The van der Waals surface area contributed by atoms with Crippen LogP contribution >= 0.6 is 11.3 Å². The zero-order chi connectivity index (χ0) is 14.4. The van der Waals surface area contributed by atoms with Gasteiger partial charge >= 0.3 is 0 Å². The second-order valence-corrected chi connectivity index (χ2v) is 5.43. The van der Waals surface area contributed by atoms with Crippen molar-refractivity contribution < 1.29 is 9.84 Å². The zero-order valence-electron chi connectivity index (χ0n) is 11.8. The van der Waals surface area contributed by atoms with E-state index in [1.165, 1.54) is 0 Å². The van der Waals surface area contributed by atoms with E-state index in [-0.39, 0.29) is 12.7 Å². The lowest BCUT2D eigenvalue weighted by molar-refractivity contribution is 0.119. The lowest BCUT2D eigenvalue weighted by atomic mass is 10.2. The minimum atomic E-state index is 0.0248. The maximum atomic E-state index is 9.23. The fourth-order valence-corrected chi connectivity index (χ4v) is 2.78. The van der Waals surface area contributed by atoms with Crippen molar-refractivity contribution in [1.82, 2.24) is 4.98 Å². The van der Waals surface area contributed by atoms with Gasteiger partial charge in [-0.15, -0.1) is 11.3 Å². The largest absolute Gasteiger partial charge is 0.395 e. The summed E-state index contributed by atoms with van der Waals surface area (Å²) in [7, 11) is 1.69. The van der Waals surface area contributed by atoms with Crippen LogP contribution in [0.4, 0.5) is 5.69 Å². The van der Waals surface area contributed by atoms with Gasteiger partial charge in [-0.05, 0) is 19.1 Å². The van der Waals surface area contributed by atoms with Gasteiger partial charge in [-0.25, -0.2) is 4.98 Å². The van der Waals surface area contributed by atoms with Gasteiger partial charge in [-0.3, -0.25) is 0 Å². The van der Waals surface area contributed by atoms with E-state index >= 15 is 0 Å². The van der Waals surface area contributed by atoms with Crippen LogP contribution in [-0.2, 0) is 11.3 Å². The number of benzene rings is 1. The molecule has 0 radical (unpaired) electrons. The maximum absolute atomic E-state index is 9.23. The Morgan fingerprint density at radius 3 is 2.75 bits per heavy atom. The highest BCUT2D eigenvalue weighted by Crippen LogP contribution is 2.22. The fourth-order valence-electron chi connectivity index (χ4n) is 1.94. The van der Waals surface area contributed by atoms with Crippen LogP contribution in [0.3, 0.4) is 0 Å². The highest BCUT2D eigenvalue weighted by Gasteiger charge is 2.12. The SMILES string of the molecule is COC(C)c1nc(CN(CCO)c2ccccc2)cs1. The predicted octanol–water partition coefficient (Wildman–Crippen LogP) is 2.85. The number of methoxy groups -OCH3 is 1. The number of para-hydroxylation sites is 1. The molecule has 1 heterocycles. The molecule has 1 atom stereocenters. The number of ether oxygens (including phenoxy) is 1. The second-order valence-electron chi connectivity index (χ2n) is 4.54. The Morgan fingerprint density at radius 2 is 2.10 bits per heavy atom. The van der Waals surface area contributed by atoms with Crippen molar-refractivity contribution in [2.75, 3.05) is 25.2 Å². The number of thiazole rings is 1. The van der Waals surface area contributed by atoms with Gasteiger partial charge in [0.2, 0.25) is 0 Å². The molecule has 1 unspecified atom stereocenters. The quantitative estimate of drug-likeness (QED) is 0.852. The molecule has 0 aliphatic heterocycles. The molecule has 20 heavy (non-hydrogen) atoms. The molecular weight excluding hydrogens is 272 g/mol. The summed E-state index contributed by atoms with van der Waals surface area (Å²) in [6, 6.07) is 10.1. The van der Waals surface area contributed by atoms with Crippen LogP contribution < -0.4 is 4.90 Å². The van der Waals surface area contributed by atoms with Crippen molar-refractivity contribution in [2.45, 2.75) is 19.6 Å². The molecule has 0 saturated carbocycles. The van der Waals surface area contributed by atoms with Crippen molar-refractivity contribution in [3.05, 3.63) is 46.4 Å². The van der Waals surface area contributed by atoms with Crippen LogP contribution in [0, 0.1) is 0 Å². The van der Waals surface area contributed by atoms with Gasteiger partial charge < -0.3 is 14.7 Å². The molecule has 2 rings (SSSR count). The van der Waals surface area contributed by atoms with E-state index < -0.39 is 0 Å². The molecule has 0 amide bonds. The average Bonchev–Trinajstić information content (AvgIpc) is 2.95. The third kappa shape index (κ3) is 3.79. The molecule has 1 N–H and O–H groups in total. The Morgan fingerprint density at radius 1 is 1.35 bits per heavy atom. The van der Waals surface area contributed by atoms with Gasteiger partial charge in [-0.2, -0.15) is 0 Å². The summed E-state index contributed by atoms with van der Waals surface area (Å²) >= 11 is 1.61. The van der Waals surface area contributed by atoms with E-state index in [4.69, 9.17) is 4.74 Å². The first-order chi connectivity index (χ1) is 9.74. The summed E-state index contributed by atoms with van der Waals surface area (Å²) in [5.41, 5.74) is 2.10. The molecular formula is C15H20N2O2S. The van der Waals surface area contributed by atoms with E-state index in [9.17, 15) is 5.11 Å². The first kappa shape index (κ1) is 15.0. The number of aliphatic hydroxyl groups is 1. The molecule has 0 spiro atoms. The molecule has 1 aromatic heterocycles. The first-order valence-electron chi connectivity index (χ1n) is 6.62. The predicted molar refractivity (Wildman–Crippen MR) is 82.1 cm³/mol. The molecule has 2 aromatic rings. The summed E-state index contributed by atoms with van der Waals surface area (Å²) < 4.78 is 5.28. The number of aromatic nitrogens is 1. The molecule has 108 valence electrons. The minimum Gasteiger partial charge on any atom is -0.395 e. The highest BCUT2D eigenvalue weighted by molar-refractivity contribution is 7.09. The van der Waals surface area contributed by atoms with E-state index in [0.29, 0.717) is 13.1 Å². The van der Waals surface area contributed by atoms with Crippen LogP contribution in [0.25, 0.3) is 0 Å². The molecule has 5 heteroatoms. The number of hydrogen-bond acceptors (Lipinski definition) is 5. The number of anilines is 1. The van der Waals surface area contributed by atoms with Crippen molar-refractivity contribution in [2.24, 2.45) is 0 Å². The fraction of sp³-hybridized carbons (Fsp3) is 0.400. The zero-order valence-corrected chi connectivity index (χ0v) is 12.6. The van der Waals surface area contributed by atoms with E-state index in [1.54, 1.807) is 18.4 Å². The summed E-state index contributed by atoms with van der Waals surface area (Å²) in [4.78, 5) is 6.72. The van der Waals surface area contributed by atoms with Crippen molar-refractivity contribution in [3.63, 3.8) is 0 Å². The molecule has 4 nitrogen and oxygen atoms in total. The third-order valence-corrected chi connectivity index (χ3v) is 4.17. The van der Waals surface area contributed by atoms with Gasteiger partial charge in [0.25, 0.3) is 0 Å². The topological polar surface area (TPSA) is 45.6 Å². The smallest absolute Gasteiger partial charge is 0.122 e. The Hall–Kier alpha value is -1.43. The van der Waals surface area contributed by atoms with Gasteiger partial charge in [-0.1, -0.05) is 18.2 Å². The molecule has 0 aliphatic carbocycles. The van der Waals surface area contributed by atoms with E-state index in [1.807, 2.05) is 37.3 Å². The van der Waals surface area contributed by atoms with Crippen LogP contribution in [0.2, 0.25) is 0 Å². The van der Waals surface area contributed by atoms with Crippen LogP contribution in [0.1, 0.15) is 23.7 Å². The molecule has 0 saturated heterocycles. The summed E-state index contributed by atoms with van der Waals surface area (Å²) in [6.45, 7) is 3.40. The van der Waals surface area contributed by atoms with Crippen LogP contribution in [0.5, 0.6) is 0 Å². The van der Waals surface area contributed by atoms with Gasteiger partial charge in [0.15, 0.2) is 0 Å². The monoisotopic (exact) mass is 292 g/mol. The molecule has 1 aromatic carbocycles. The maximum Gasteiger partial charge on any atom is 0.122 e. The minimum absolute atomic E-state index is 0.0248. The molecule has 0 bridgehead atoms. The van der Waals surface area contributed by atoms with Gasteiger partial charge in [0, 0.05) is 24.7 Å². The Labute approximate surface area is 123 Å². The normalized spacial score (nSPS) is 12.3. The molecule has 0 fully saturated rings. The van der Waals surface area contributed by atoms with Crippen molar-refractivity contribution >= 4 is 17.0 Å². The van der Waals surface area contributed by atoms with E-state index in [2.05, 4.69) is 15.3 Å². The van der Waals surface area contributed by atoms with Crippen LogP contribution in [0.15, 0.2) is 35.7 Å². The first-order valence-corrected chi connectivity index (χ1v) is 7.50. The number of rotatable bonds is 7. The summed E-state index contributed by atoms with van der Waals surface area (Å²) in [5, 5.41) is 12.3. The number of aliphatic hydroxyl groups excluding tert-OH is 1. The van der Waals surface area contributed by atoms with Crippen molar-refractivity contribution in [3.8, 4) is 0 Å². The van der Waals surface area contributed by atoms with Gasteiger partial charge in [0.1, 0.15) is 11.1 Å². The van der Waals surface area contributed by atoms with Crippen LogP contribution in [-0.4, -0.2) is 30.4 Å². The Balaban J connectivity index is 2.10. The van der Waals surface area contributed by atoms with Gasteiger partial charge in [0.05, 0.1) is 18.8 Å². The summed E-state index contributed by atoms with van der Waals surface area (Å²) in [6.07, 6.45) is 0.0248. The lowest BCUT2D eigenvalue weighted by Gasteiger charge is -2.22. The van der Waals surface area contributed by atoms with Crippen molar-refractivity contribution in [1.29, 1.82) is 0 Å². The number of nitrogens with zero attached hydrogens (tertiary/aromatic N) is 2. The second kappa shape index (κ2) is 7.38. The molecule has 0 aliphatic rings. The van der Waals surface area contributed by atoms with E-state index in [0.717, 1.165) is 16.4 Å². The number of hydrogen-bond donors (Lipinski definition) is 1. The third-order valence-electron chi connectivity index (χ3n) is 3.11. The lowest BCUT2D eigenvalue weighted by Crippen LogP contribution is -2.26. The Bertz CT molecular complexity index is 516. The highest BCUT2D eigenvalue weighted by atomic mass is 32.1. The standard InChI is InChI=1S/C15H20N2O2S/c1-12(19-2)15-16-13(11-20-15)10-17(8-9-18)14-6-4-3-5-7-14/h3-7,11-12,18H,8-10H2,1-2H3. The summed E-state index contributed by atoms with van der Waals surface area (Å²) in [5.74, 6) is 0. The average molecular weight is 292 g/mol. The Kier molecular flexibility index (Phi) is 5.52.